The van der Waals surface area contributed by atoms with Crippen molar-refractivity contribution in [3.05, 3.63) is 43.2 Å². The first-order chi connectivity index (χ1) is 8.53. The molecule has 0 bridgehead atoms. The minimum atomic E-state index is -4.51. The molecule has 0 saturated carbocycles. The molecule has 1 aromatic rings. The molecule has 9 heteroatoms. The number of hydrogen-bond donors (Lipinski definition) is 0. The average Bonchev–Trinajstić information content (AvgIpc) is 2.19. The Balaban J connectivity index is -0.000000482. The van der Waals surface area contributed by atoms with Crippen molar-refractivity contribution in [2.24, 2.45) is 0 Å². The first-order valence-corrected chi connectivity index (χ1v) is 4.93. The standard InChI is InChI=1S/C9H8F4NO.C2H5NO.CH3.Fe/c1-5-3-7(10)8(14-6(5)2)15-4-9(11,12)13;1-2(3)4;;/h3H,1,4H2,2H3;1H3,(H2,3,4);1H3;/q-1;;-1;+3/p-1. The van der Waals surface area contributed by atoms with Gasteiger partial charge >= 0.3 is 23.2 Å². The zero-order chi connectivity index (χ0) is 15.2. The number of ether oxygens (including phenoxy) is 1. The van der Waals surface area contributed by atoms with Gasteiger partial charge in [0.2, 0.25) is 5.88 Å². The van der Waals surface area contributed by atoms with Crippen molar-refractivity contribution in [3.63, 3.8) is 0 Å². The van der Waals surface area contributed by atoms with Crippen LogP contribution in [0, 0.1) is 27.1 Å². The molecule has 1 radical (unpaired) electrons. The number of nitrogens with zero attached hydrogens (tertiary/aromatic N) is 1. The summed E-state index contributed by atoms with van der Waals surface area (Å²) in [6, 6.07) is 0.980. The number of carbonyl (C=O) groups excluding carboxylic acids is 1. The van der Waals surface area contributed by atoms with E-state index in [0.717, 1.165) is 6.07 Å². The smallest absolute Gasteiger partial charge is 0.668 e. The predicted octanol–water partition coefficient (Wildman–Crippen LogP) is 3.69. The van der Waals surface area contributed by atoms with Gasteiger partial charge in [-0.1, -0.05) is 12.6 Å². The molecule has 0 spiro atoms. The third-order valence-corrected chi connectivity index (χ3v) is 1.61. The Morgan fingerprint density at radius 1 is 1.48 bits per heavy atom. The van der Waals surface area contributed by atoms with Gasteiger partial charge in [0.1, 0.15) is 5.82 Å². The quantitative estimate of drug-likeness (QED) is 0.464. The Kier molecular flexibility index (Phi) is 12.0. The van der Waals surface area contributed by atoms with E-state index in [4.69, 9.17) is 10.5 Å². The van der Waals surface area contributed by atoms with Crippen LogP contribution in [-0.4, -0.2) is 23.7 Å². The van der Waals surface area contributed by atoms with Crippen molar-refractivity contribution in [2.75, 3.05) is 6.61 Å². The number of aromatic nitrogens is 1. The minimum Gasteiger partial charge on any atom is -0.668 e. The molecule has 0 aromatic carbocycles. The zero-order valence-corrected chi connectivity index (χ0v) is 12.7. The number of amides is 1. The fourth-order valence-electron chi connectivity index (χ4n) is 0.848. The maximum absolute atomic E-state index is 13.0. The molecular weight excluding hydrogens is 336 g/mol. The zero-order valence-electron chi connectivity index (χ0n) is 11.6. The second-order valence-corrected chi connectivity index (χ2v) is 3.48. The van der Waals surface area contributed by atoms with Crippen molar-refractivity contribution in [2.45, 2.75) is 20.0 Å². The van der Waals surface area contributed by atoms with Crippen LogP contribution in [0.1, 0.15) is 18.2 Å². The van der Waals surface area contributed by atoms with E-state index in [2.05, 4.69) is 16.6 Å². The SMILES string of the molecule is CC([NH-])=O.[CH2-]c1cc(F)c(OCC(F)(F)F)nc1C.[CH3-].[Fe+3]. The third-order valence-electron chi connectivity index (χ3n) is 1.61. The molecule has 1 rings (SSSR count). The van der Waals surface area contributed by atoms with E-state index in [1.807, 2.05) is 0 Å². The van der Waals surface area contributed by atoms with Crippen molar-refractivity contribution >= 4 is 5.91 Å². The molecule has 1 N–H and O–H groups in total. The summed E-state index contributed by atoms with van der Waals surface area (Å²) < 4.78 is 52.5. The van der Waals surface area contributed by atoms with Crippen molar-refractivity contribution in [1.29, 1.82) is 0 Å². The summed E-state index contributed by atoms with van der Waals surface area (Å²) in [6.45, 7) is 4.58. The van der Waals surface area contributed by atoms with Crippen LogP contribution < -0.4 is 4.74 Å². The third kappa shape index (κ3) is 12.0. The van der Waals surface area contributed by atoms with Crippen molar-refractivity contribution < 1.29 is 44.2 Å². The number of rotatable bonds is 2. The van der Waals surface area contributed by atoms with E-state index in [1.165, 1.54) is 13.8 Å². The summed E-state index contributed by atoms with van der Waals surface area (Å²) >= 11 is 0. The second-order valence-electron chi connectivity index (χ2n) is 3.48. The molecule has 1 heterocycles. The molecule has 0 aliphatic carbocycles. The van der Waals surface area contributed by atoms with Crippen LogP contribution in [-0.2, 0) is 21.9 Å². The Morgan fingerprint density at radius 3 is 2.29 bits per heavy atom. The Morgan fingerprint density at radius 2 is 1.90 bits per heavy atom. The first kappa shape index (κ1) is 24.5. The van der Waals surface area contributed by atoms with Gasteiger partial charge in [-0.05, 0) is 6.92 Å². The molecule has 0 aliphatic rings. The molecule has 1 amide bonds. The number of pyridine rings is 1. The molecule has 0 atom stereocenters. The number of alkyl halides is 3. The summed E-state index contributed by atoms with van der Waals surface area (Å²) in [5.41, 5.74) is 6.58. The van der Waals surface area contributed by atoms with Crippen LogP contribution >= 0.6 is 0 Å². The Labute approximate surface area is 131 Å². The molecule has 4 nitrogen and oxygen atoms in total. The number of carbonyl (C=O) groups is 1. The van der Waals surface area contributed by atoms with E-state index in [9.17, 15) is 17.6 Å². The average molecular weight is 351 g/mol. The van der Waals surface area contributed by atoms with E-state index in [-0.39, 0.29) is 24.5 Å². The van der Waals surface area contributed by atoms with E-state index in [1.54, 1.807) is 0 Å². The van der Waals surface area contributed by atoms with Gasteiger partial charge in [0, 0.05) is 5.91 Å². The van der Waals surface area contributed by atoms with Crippen molar-refractivity contribution in [1.82, 2.24) is 4.98 Å². The van der Waals surface area contributed by atoms with Gasteiger partial charge in [0.25, 0.3) is 0 Å². The largest absolute Gasteiger partial charge is 3.00 e. The maximum atomic E-state index is 13.0. The monoisotopic (exact) mass is 351 g/mol. The van der Waals surface area contributed by atoms with Crippen LogP contribution in [0.3, 0.4) is 0 Å². The van der Waals surface area contributed by atoms with E-state index in [0.29, 0.717) is 11.3 Å². The molecule has 0 fully saturated rings. The summed E-state index contributed by atoms with van der Waals surface area (Å²) in [5.74, 6) is -2.19. The number of hydrogen-bond acceptors (Lipinski definition) is 3. The van der Waals surface area contributed by atoms with Crippen LogP contribution in [0.5, 0.6) is 5.88 Å². The summed E-state index contributed by atoms with van der Waals surface area (Å²) in [5, 5.41) is 0. The summed E-state index contributed by atoms with van der Waals surface area (Å²) in [4.78, 5) is 12.6. The van der Waals surface area contributed by atoms with Crippen LogP contribution in [0.25, 0.3) is 5.73 Å². The van der Waals surface area contributed by atoms with Crippen LogP contribution in [0.2, 0.25) is 0 Å². The molecule has 1 aromatic heterocycles. The number of halogens is 4. The maximum Gasteiger partial charge on any atom is 3.00 e. The van der Waals surface area contributed by atoms with Gasteiger partial charge in [-0.15, -0.1) is 6.07 Å². The molecule has 21 heavy (non-hydrogen) atoms. The number of aryl methyl sites for hydroxylation is 1. The van der Waals surface area contributed by atoms with Gasteiger partial charge in [-0.2, -0.15) is 25.7 Å². The Hall–Kier alpha value is -1.47. The molecule has 0 unspecified atom stereocenters. The molecule has 0 aliphatic heterocycles. The second kappa shape index (κ2) is 10.3. The fourth-order valence-corrected chi connectivity index (χ4v) is 0.848. The van der Waals surface area contributed by atoms with Gasteiger partial charge in [-0.3, -0.25) is 4.98 Å². The van der Waals surface area contributed by atoms with E-state index < -0.39 is 30.4 Å². The normalized spacial score (nSPS) is 9.43. The summed E-state index contributed by atoms with van der Waals surface area (Å²) in [7, 11) is 0. The van der Waals surface area contributed by atoms with Gasteiger partial charge in [0.05, 0.1) is 0 Å². The molecule has 121 valence electrons. The van der Waals surface area contributed by atoms with Gasteiger partial charge in [0.15, 0.2) is 6.61 Å². The Bertz CT molecular complexity index is 450. The van der Waals surface area contributed by atoms with Crippen LogP contribution in [0.15, 0.2) is 6.07 Å². The van der Waals surface area contributed by atoms with Gasteiger partial charge < -0.3 is 22.7 Å². The summed E-state index contributed by atoms with van der Waals surface area (Å²) in [6.07, 6.45) is -4.51. The van der Waals surface area contributed by atoms with E-state index >= 15 is 0 Å². The molecular formula is C12H15F4FeN2O2. The topological polar surface area (TPSA) is 63.0 Å². The van der Waals surface area contributed by atoms with Crippen molar-refractivity contribution in [3.8, 4) is 5.88 Å². The first-order valence-electron chi connectivity index (χ1n) is 4.93. The fraction of sp³-hybridized carbons (Fsp3) is 0.333. The molecule has 0 saturated heterocycles. The predicted molar refractivity (Wildman–Crippen MR) is 66.4 cm³/mol. The number of nitrogens with one attached hydrogen (secondary N) is 1. The van der Waals surface area contributed by atoms with Gasteiger partial charge in [-0.25, -0.2) is 4.39 Å². The van der Waals surface area contributed by atoms with Crippen LogP contribution in [0.4, 0.5) is 17.6 Å². The minimum absolute atomic E-state index is 0.